The van der Waals surface area contributed by atoms with Crippen molar-refractivity contribution in [1.29, 1.82) is 0 Å². The van der Waals surface area contributed by atoms with Crippen LogP contribution in [0.15, 0.2) is 211 Å². The Kier molecular flexibility index (Phi) is 7.58. The van der Waals surface area contributed by atoms with Crippen LogP contribution in [0.4, 0.5) is 17.1 Å². The molecule has 0 N–H and O–H groups in total. The van der Waals surface area contributed by atoms with E-state index in [0.29, 0.717) is 0 Å². The normalized spacial score (nSPS) is 13.0. The highest BCUT2D eigenvalue weighted by molar-refractivity contribution is 6.17. The van der Waals surface area contributed by atoms with Crippen LogP contribution < -0.4 is 4.90 Å². The van der Waals surface area contributed by atoms with Gasteiger partial charge in [0.05, 0.1) is 22.1 Å². The summed E-state index contributed by atoms with van der Waals surface area (Å²) in [6, 6.07) is 74.9. The molecule has 1 aliphatic rings. The monoisotopic (exact) mass is 768 g/mol. The molecule has 0 unspecified atom stereocenters. The fraction of sp³-hybridized carbons (Fsp3) is 0.0526. The van der Waals surface area contributed by atoms with Gasteiger partial charge in [-0.1, -0.05) is 159 Å². The van der Waals surface area contributed by atoms with E-state index in [1.54, 1.807) is 0 Å². The van der Waals surface area contributed by atoms with Crippen LogP contribution in [0.25, 0.3) is 82.8 Å². The number of para-hydroxylation sites is 2. The zero-order valence-electron chi connectivity index (χ0n) is 33.4. The number of anilines is 3. The van der Waals surface area contributed by atoms with E-state index in [1.807, 2.05) is 0 Å². The Bertz CT molecular complexity index is 3460. The molecule has 12 rings (SSSR count). The molecule has 0 amide bonds. The number of fused-ring (bicyclic) bond motifs is 9. The predicted octanol–water partition coefficient (Wildman–Crippen LogP) is 15.8. The molecule has 1 aliphatic carbocycles. The average Bonchev–Trinajstić information content (AvgIpc) is 3.92. The summed E-state index contributed by atoms with van der Waals surface area (Å²) in [6.45, 7) is 4.72. The van der Waals surface area contributed by atoms with E-state index in [2.05, 4.69) is 230 Å². The number of furan rings is 1. The highest BCUT2D eigenvalue weighted by Crippen LogP contribution is 2.51. The zero-order chi connectivity index (χ0) is 40.0. The van der Waals surface area contributed by atoms with Crippen molar-refractivity contribution in [3.05, 3.63) is 217 Å². The van der Waals surface area contributed by atoms with Gasteiger partial charge in [0.15, 0.2) is 0 Å². The maximum absolute atomic E-state index is 6.59. The van der Waals surface area contributed by atoms with Crippen LogP contribution in [0, 0.1) is 0 Å². The largest absolute Gasteiger partial charge is 0.456 e. The fourth-order valence-corrected chi connectivity index (χ4v) is 9.95. The molecule has 0 saturated heterocycles. The molecule has 0 saturated carbocycles. The highest BCUT2D eigenvalue weighted by Gasteiger charge is 2.36. The molecule has 284 valence electrons. The topological polar surface area (TPSA) is 21.3 Å². The molecule has 0 spiro atoms. The third kappa shape index (κ3) is 5.15. The lowest BCUT2D eigenvalue weighted by Crippen LogP contribution is -2.16. The van der Waals surface area contributed by atoms with Gasteiger partial charge in [0.1, 0.15) is 11.2 Å². The number of benzene rings is 9. The Balaban J connectivity index is 1.15. The van der Waals surface area contributed by atoms with Crippen LogP contribution >= 0.6 is 0 Å². The molecule has 0 atom stereocenters. The van der Waals surface area contributed by atoms with Gasteiger partial charge in [0.2, 0.25) is 0 Å². The van der Waals surface area contributed by atoms with Crippen LogP contribution in [-0.4, -0.2) is 4.57 Å². The number of nitrogens with zero attached hydrogens (tertiary/aromatic N) is 2. The second kappa shape index (κ2) is 13.2. The van der Waals surface area contributed by atoms with Crippen molar-refractivity contribution in [2.75, 3.05) is 4.90 Å². The summed E-state index contributed by atoms with van der Waals surface area (Å²) >= 11 is 0. The van der Waals surface area contributed by atoms with E-state index in [9.17, 15) is 0 Å². The minimum atomic E-state index is -0.143. The van der Waals surface area contributed by atoms with E-state index in [0.717, 1.165) is 66.8 Å². The van der Waals surface area contributed by atoms with Crippen molar-refractivity contribution in [2.24, 2.45) is 0 Å². The van der Waals surface area contributed by atoms with Crippen LogP contribution in [-0.2, 0) is 5.41 Å². The molecule has 0 bridgehead atoms. The Hall–Kier alpha value is -7.62. The summed E-state index contributed by atoms with van der Waals surface area (Å²) < 4.78 is 9.07. The van der Waals surface area contributed by atoms with E-state index in [4.69, 9.17) is 4.42 Å². The molecule has 60 heavy (non-hydrogen) atoms. The summed E-state index contributed by atoms with van der Waals surface area (Å²) in [4.78, 5) is 2.44. The van der Waals surface area contributed by atoms with Gasteiger partial charge >= 0.3 is 0 Å². The van der Waals surface area contributed by atoms with Crippen molar-refractivity contribution in [3.8, 4) is 39.1 Å². The molecular formula is C57H40N2O. The van der Waals surface area contributed by atoms with Gasteiger partial charge in [-0.3, -0.25) is 0 Å². The number of hydrogen-bond acceptors (Lipinski definition) is 2. The lowest BCUT2D eigenvalue weighted by atomic mass is 9.82. The Morgan fingerprint density at radius 2 is 1.02 bits per heavy atom. The first-order valence-electron chi connectivity index (χ1n) is 20.8. The quantitative estimate of drug-likeness (QED) is 0.168. The molecule has 2 aromatic heterocycles. The molecule has 0 radical (unpaired) electrons. The molecule has 11 aromatic rings. The molecule has 0 aliphatic heterocycles. The van der Waals surface area contributed by atoms with Crippen molar-refractivity contribution in [2.45, 2.75) is 19.3 Å². The SMILES string of the molecule is CC1(C)c2ccccc2-c2ccc(N(c3cccc(-c4ccccc4)c3)c3ccc4c5ccccc5n(-c5c(-c6ccccc6)ccc6oc7ccccc7c56)c4c3)cc21. The summed E-state index contributed by atoms with van der Waals surface area (Å²) in [6.07, 6.45) is 0. The van der Waals surface area contributed by atoms with Gasteiger partial charge in [-0.05, 0) is 99.6 Å². The second-order valence-corrected chi connectivity index (χ2v) is 16.5. The van der Waals surface area contributed by atoms with Crippen LogP contribution in [0.3, 0.4) is 0 Å². The molecule has 0 fully saturated rings. The van der Waals surface area contributed by atoms with Crippen molar-refractivity contribution >= 4 is 60.8 Å². The molecule has 3 nitrogen and oxygen atoms in total. The minimum absolute atomic E-state index is 0.143. The summed E-state index contributed by atoms with van der Waals surface area (Å²) in [7, 11) is 0. The highest BCUT2D eigenvalue weighted by atomic mass is 16.3. The van der Waals surface area contributed by atoms with Crippen molar-refractivity contribution in [3.63, 3.8) is 0 Å². The van der Waals surface area contributed by atoms with E-state index in [1.165, 1.54) is 44.2 Å². The van der Waals surface area contributed by atoms with Gasteiger partial charge in [0.25, 0.3) is 0 Å². The first-order valence-corrected chi connectivity index (χ1v) is 20.8. The smallest absolute Gasteiger partial charge is 0.137 e. The number of hydrogen-bond donors (Lipinski definition) is 0. The van der Waals surface area contributed by atoms with E-state index < -0.39 is 0 Å². The van der Waals surface area contributed by atoms with Gasteiger partial charge in [-0.2, -0.15) is 0 Å². The molecular weight excluding hydrogens is 729 g/mol. The molecule has 2 heterocycles. The van der Waals surface area contributed by atoms with Crippen molar-refractivity contribution in [1.82, 2.24) is 4.57 Å². The average molecular weight is 769 g/mol. The third-order valence-corrected chi connectivity index (χ3v) is 12.8. The molecule has 3 heteroatoms. The number of rotatable bonds is 6. The van der Waals surface area contributed by atoms with Crippen molar-refractivity contribution < 1.29 is 4.42 Å². The van der Waals surface area contributed by atoms with Crippen LogP contribution in [0.5, 0.6) is 0 Å². The number of aromatic nitrogens is 1. The lowest BCUT2D eigenvalue weighted by Gasteiger charge is -2.28. The fourth-order valence-electron chi connectivity index (χ4n) is 9.95. The van der Waals surface area contributed by atoms with E-state index in [-0.39, 0.29) is 5.41 Å². The third-order valence-electron chi connectivity index (χ3n) is 12.8. The van der Waals surface area contributed by atoms with Gasteiger partial charge in [-0.15, -0.1) is 0 Å². The van der Waals surface area contributed by atoms with Gasteiger partial charge in [-0.25, -0.2) is 0 Å². The van der Waals surface area contributed by atoms with E-state index >= 15 is 0 Å². The zero-order valence-corrected chi connectivity index (χ0v) is 33.4. The maximum atomic E-state index is 6.59. The molecule has 9 aromatic carbocycles. The Labute approximate surface area is 349 Å². The van der Waals surface area contributed by atoms with Crippen LogP contribution in [0.1, 0.15) is 25.0 Å². The lowest BCUT2D eigenvalue weighted by molar-refractivity contribution is 0.660. The summed E-state index contributed by atoms with van der Waals surface area (Å²) in [5, 5.41) is 4.61. The minimum Gasteiger partial charge on any atom is -0.456 e. The summed E-state index contributed by atoms with van der Waals surface area (Å²) in [5.41, 5.74) is 18.3. The van der Waals surface area contributed by atoms with Gasteiger partial charge in [0, 0.05) is 44.2 Å². The first-order chi connectivity index (χ1) is 29.5. The van der Waals surface area contributed by atoms with Crippen LogP contribution in [0.2, 0.25) is 0 Å². The van der Waals surface area contributed by atoms with Gasteiger partial charge < -0.3 is 13.9 Å². The Morgan fingerprint density at radius 3 is 1.87 bits per heavy atom. The first kappa shape index (κ1) is 34.4. The Morgan fingerprint density at radius 1 is 0.400 bits per heavy atom. The maximum Gasteiger partial charge on any atom is 0.137 e. The predicted molar refractivity (Wildman–Crippen MR) is 251 cm³/mol. The second-order valence-electron chi connectivity index (χ2n) is 16.5. The standard InChI is InChI=1S/C57H40N2O/c1-57(2)49-25-12-9-22-44(49)45-30-28-41(35-50(45)57)58(40-21-15-20-39(34-40)37-16-5-3-6-17-37)42-29-31-47-46-23-10-13-26-51(46)59(52(47)36-42)56-43(38-18-7-4-8-19-38)32-33-54-55(56)48-24-11-14-27-53(48)60-54/h3-36H,1-2H3. The summed E-state index contributed by atoms with van der Waals surface area (Å²) in [5.74, 6) is 0.